The first-order chi connectivity index (χ1) is 10.3. The average Bonchev–Trinajstić information content (AvgIpc) is 2.91. The van der Waals surface area contributed by atoms with Crippen molar-refractivity contribution in [2.75, 3.05) is 5.32 Å². The Bertz CT molecular complexity index is 760. The van der Waals surface area contributed by atoms with Crippen LogP contribution in [0.25, 0.3) is 5.69 Å². The van der Waals surface area contributed by atoms with Gasteiger partial charge in [-0.1, -0.05) is 41.6 Å². The number of nitrogens with one attached hydrogen (secondary N) is 1. The van der Waals surface area contributed by atoms with Gasteiger partial charge in [-0.25, -0.2) is 4.68 Å². The SMILES string of the molecule is O=C(Nc1ccccc1)c1nnn(-c2ccccc2)c1[O-].[Na+]. The molecule has 0 aliphatic heterocycles. The third-order valence-electron chi connectivity index (χ3n) is 2.88. The molecule has 0 unspecified atom stereocenters. The van der Waals surface area contributed by atoms with Gasteiger partial charge in [-0.2, -0.15) is 0 Å². The molecule has 7 heteroatoms. The van der Waals surface area contributed by atoms with Crippen molar-refractivity contribution in [3.05, 3.63) is 66.4 Å². The Hall–Kier alpha value is -2.15. The van der Waals surface area contributed by atoms with Crippen molar-refractivity contribution in [1.29, 1.82) is 0 Å². The number of hydrogen-bond acceptors (Lipinski definition) is 4. The van der Waals surface area contributed by atoms with Crippen molar-refractivity contribution in [2.45, 2.75) is 0 Å². The second-order valence-corrected chi connectivity index (χ2v) is 4.31. The molecule has 0 aliphatic rings. The van der Waals surface area contributed by atoms with Gasteiger partial charge >= 0.3 is 29.6 Å². The Morgan fingerprint density at radius 3 is 2.23 bits per heavy atom. The van der Waals surface area contributed by atoms with Crippen LogP contribution in [0.15, 0.2) is 60.7 Å². The van der Waals surface area contributed by atoms with Crippen LogP contribution in [0.2, 0.25) is 0 Å². The van der Waals surface area contributed by atoms with Gasteiger partial charge in [0.1, 0.15) is 0 Å². The standard InChI is InChI=1S/C15H12N4O2.Na/c20-14(16-11-7-3-1-4-8-11)13-15(21)19(18-17-13)12-9-5-2-6-10-12;/h1-10,21H,(H,16,20);/q;+1/p-1. The molecule has 3 rings (SSSR count). The van der Waals surface area contributed by atoms with Gasteiger partial charge in [0.15, 0.2) is 5.69 Å². The second-order valence-electron chi connectivity index (χ2n) is 4.31. The van der Waals surface area contributed by atoms with E-state index in [1.54, 1.807) is 48.5 Å². The molecule has 22 heavy (non-hydrogen) atoms. The molecule has 0 saturated carbocycles. The normalized spacial score (nSPS) is 9.82. The number of para-hydroxylation sites is 2. The van der Waals surface area contributed by atoms with Crippen LogP contribution < -0.4 is 40.0 Å². The maximum absolute atomic E-state index is 12.2. The molecule has 3 aromatic rings. The van der Waals surface area contributed by atoms with E-state index >= 15 is 0 Å². The van der Waals surface area contributed by atoms with Gasteiger partial charge in [0, 0.05) is 11.6 Å². The molecule has 6 nitrogen and oxygen atoms in total. The smallest absolute Gasteiger partial charge is 0.857 e. The summed E-state index contributed by atoms with van der Waals surface area (Å²) in [7, 11) is 0. The predicted octanol–water partition coefficient (Wildman–Crippen LogP) is -1.40. The van der Waals surface area contributed by atoms with Crippen molar-refractivity contribution in [3.63, 3.8) is 0 Å². The zero-order valence-corrected chi connectivity index (χ0v) is 13.9. The van der Waals surface area contributed by atoms with E-state index in [0.717, 1.165) is 4.68 Å². The van der Waals surface area contributed by atoms with Crippen molar-refractivity contribution < 1.29 is 39.5 Å². The summed E-state index contributed by atoms with van der Waals surface area (Å²) < 4.78 is 1.10. The first kappa shape index (κ1) is 16.2. The quantitative estimate of drug-likeness (QED) is 0.603. The van der Waals surface area contributed by atoms with Crippen LogP contribution in [0.3, 0.4) is 0 Å². The number of nitrogens with zero attached hydrogens (tertiary/aromatic N) is 3. The van der Waals surface area contributed by atoms with E-state index in [1.807, 2.05) is 12.1 Å². The molecule has 1 N–H and O–H groups in total. The molecule has 0 atom stereocenters. The summed E-state index contributed by atoms with van der Waals surface area (Å²) in [6, 6.07) is 17.7. The van der Waals surface area contributed by atoms with E-state index in [9.17, 15) is 9.90 Å². The van der Waals surface area contributed by atoms with Crippen LogP contribution in [0.4, 0.5) is 5.69 Å². The van der Waals surface area contributed by atoms with E-state index in [-0.39, 0.29) is 35.3 Å². The number of hydrogen-bond donors (Lipinski definition) is 1. The summed E-state index contributed by atoms with van der Waals surface area (Å²) in [6.07, 6.45) is 0. The largest absolute Gasteiger partial charge is 1.00 e. The van der Waals surface area contributed by atoms with Gasteiger partial charge in [-0.05, 0) is 24.3 Å². The van der Waals surface area contributed by atoms with Crippen LogP contribution in [-0.4, -0.2) is 20.9 Å². The zero-order valence-electron chi connectivity index (χ0n) is 11.9. The third-order valence-corrected chi connectivity index (χ3v) is 2.88. The predicted molar refractivity (Wildman–Crippen MR) is 75.2 cm³/mol. The summed E-state index contributed by atoms with van der Waals surface area (Å²) in [5, 5.41) is 22.2. The number of aromatic nitrogens is 3. The molecule has 0 fully saturated rings. The Morgan fingerprint density at radius 2 is 1.59 bits per heavy atom. The van der Waals surface area contributed by atoms with E-state index in [2.05, 4.69) is 15.6 Å². The van der Waals surface area contributed by atoms with E-state index < -0.39 is 11.8 Å². The Morgan fingerprint density at radius 1 is 1.00 bits per heavy atom. The number of benzene rings is 2. The second kappa shape index (κ2) is 7.22. The van der Waals surface area contributed by atoms with E-state index in [4.69, 9.17) is 0 Å². The van der Waals surface area contributed by atoms with Crippen LogP contribution in [-0.2, 0) is 0 Å². The molecule has 1 amide bonds. The molecular formula is C15H11N4NaO2. The minimum atomic E-state index is -0.576. The molecule has 0 spiro atoms. The maximum atomic E-state index is 12.2. The van der Waals surface area contributed by atoms with Crippen LogP contribution in [0.1, 0.15) is 10.5 Å². The van der Waals surface area contributed by atoms with Gasteiger partial charge in [-0.3, -0.25) is 4.79 Å². The topological polar surface area (TPSA) is 82.9 Å². The van der Waals surface area contributed by atoms with Gasteiger partial charge in [0.05, 0.1) is 5.69 Å². The third kappa shape index (κ3) is 3.36. The Kier molecular flexibility index (Phi) is 5.32. The minimum Gasteiger partial charge on any atom is -0.857 e. The summed E-state index contributed by atoms with van der Waals surface area (Å²) in [5.74, 6) is -1.12. The molecule has 0 saturated heterocycles. The number of amides is 1. The zero-order chi connectivity index (χ0) is 14.7. The van der Waals surface area contributed by atoms with Crippen molar-refractivity contribution >= 4 is 11.6 Å². The fourth-order valence-electron chi connectivity index (χ4n) is 1.87. The minimum absolute atomic E-state index is 0. The Labute approximate surface area is 149 Å². The summed E-state index contributed by atoms with van der Waals surface area (Å²) >= 11 is 0. The number of rotatable bonds is 3. The van der Waals surface area contributed by atoms with E-state index in [0.29, 0.717) is 11.4 Å². The molecule has 104 valence electrons. The van der Waals surface area contributed by atoms with E-state index in [1.165, 1.54) is 0 Å². The van der Waals surface area contributed by atoms with Crippen molar-refractivity contribution in [2.24, 2.45) is 0 Å². The number of anilines is 1. The first-order valence-corrected chi connectivity index (χ1v) is 6.30. The van der Waals surface area contributed by atoms with Gasteiger partial charge < -0.3 is 10.4 Å². The number of carbonyl (C=O) groups is 1. The maximum Gasteiger partial charge on any atom is 1.00 e. The Balaban J connectivity index is 0.00000176. The van der Waals surface area contributed by atoms with Gasteiger partial charge in [-0.15, -0.1) is 5.10 Å². The first-order valence-electron chi connectivity index (χ1n) is 6.30. The van der Waals surface area contributed by atoms with Crippen molar-refractivity contribution in [3.8, 4) is 11.6 Å². The molecule has 1 heterocycles. The van der Waals surface area contributed by atoms with Crippen LogP contribution in [0, 0.1) is 0 Å². The van der Waals surface area contributed by atoms with Crippen molar-refractivity contribution in [1.82, 2.24) is 15.0 Å². The molecule has 1 aromatic heterocycles. The average molecular weight is 302 g/mol. The van der Waals surface area contributed by atoms with Crippen LogP contribution >= 0.6 is 0 Å². The van der Waals surface area contributed by atoms with Gasteiger partial charge in [0.2, 0.25) is 0 Å². The monoisotopic (exact) mass is 302 g/mol. The molecule has 0 aliphatic carbocycles. The summed E-state index contributed by atoms with van der Waals surface area (Å²) in [5.41, 5.74) is 0.924. The molecular weight excluding hydrogens is 291 g/mol. The molecule has 0 bridgehead atoms. The van der Waals surface area contributed by atoms with Gasteiger partial charge in [0.25, 0.3) is 5.91 Å². The summed E-state index contributed by atoms with van der Waals surface area (Å²) in [6.45, 7) is 0. The number of carbonyl (C=O) groups excluding carboxylic acids is 1. The summed E-state index contributed by atoms with van der Waals surface area (Å²) in [4.78, 5) is 12.1. The fraction of sp³-hybridized carbons (Fsp3) is 0. The van der Waals surface area contributed by atoms with Crippen LogP contribution in [0.5, 0.6) is 5.88 Å². The molecule has 0 radical (unpaired) electrons. The molecule has 2 aromatic carbocycles. The fourth-order valence-corrected chi connectivity index (χ4v) is 1.87.